The van der Waals surface area contributed by atoms with Crippen LogP contribution in [-0.2, 0) is 0 Å². The van der Waals surface area contributed by atoms with Gasteiger partial charge in [0.25, 0.3) is 5.69 Å². The normalized spacial score (nSPS) is 16.5. The van der Waals surface area contributed by atoms with Crippen LogP contribution >= 0.6 is 0 Å². The minimum atomic E-state index is -0.439. The summed E-state index contributed by atoms with van der Waals surface area (Å²) in [7, 11) is 0. The molecule has 0 spiro atoms. The van der Waals surface area contributed by atoms with E-state index in [-0.39, 0.29) is 17.4 Å². The first-order valence-corrected chi connectivity index (χ1v) is 6.37. The maximum absolute atomic E-state index is 12.4. The number of carbonyl (C=O) groups is 1. The molecule has 2 aromatic rings. The number of nitrogens with one attached hydrogen (secondary N) is 1. The van der Waals surface area contributed by atoms with Crippen LogP contribution in [0, 0.1) is 22.0 Å². The fraction of sp³-hybridized carbons (Fsp3) is 0.357. The highest BCUT2D eigenvalue weighted by molar-refractivity contribution is 6.09. The maximum Gasteiger partial charge on any atom is 0.270 e. The average molecular weight is 258 g/mol. The summed E-state index contributed by atoms with van der Waals surface area (Å²) >= 11 is 0. The number of non-ortho nitro benzene ring substituents is 1. The minimum Gasteiger partial charge on any atom is -0.360 e. The highest BCUT2D eigenvalue weighted by atomic mass is 16.6. The largest absolute Gasteiger partial charge is 0.360 e. The number of ketones is 1. The summed E-state index contributed by atoms with van der Waals surface area (Å²) in [6.07, 6.45) is 3.88. The van der Waals surface area contributed by atoms with Crippen LogP contribution in [0.4, 0.5) is 5.69 Å². The van der Waals surface area contributed by atoms with Gasteiger partial charge in [0.1, 0.15) is 0 Å². The molecule has 1 aromatic carbocycles. The van der Waals surface area contributed by atoms with Crippen molar-refractivity contribution in [1.29, 1.82) is 0 Å². The number of Topliss-reactive ketones (excluding diaryl/α,β-unsaturated/α-hetero) is 1. The third kappa shape index (κ3) is 2.01. The summed E-state index contributed by atoms with van der Waals surface area (Å²) in [5.74, 6) is 0.559. The number of benzene rings is 1. The number of rotatable bonds is 4. The van der Waals surface area contributed by atoms with Crippen LogP contribution in [0.25, 0.3) is 10.9 Å². The highest BCUT2D eigenvalue weighted by Gasteiger charge is 2.33. The zero-order chi connectivity index (χ0) is 13.6. The first-order chi connectivity index (χ1) is 9.08. The molecule has 1 saturated carbocycles. The van der Waals surface area contributed by atoms with Gasteiger partial charge in [-0.05, 0) is 24.8 Å². The number of aromatic amines is 1. The lowest BCUT2D eigenvalue weighted by Crippen LogP contribution is -2.12. The van der Waals surface area contributed by atoms with E-state index >= 15 is 0 Å². The molecule has 1 heterocycles. The van der Waals surface area contributed by atoms with Crippen molar-refractivity contribution in [2.45, 2.75) is 19.8 Å². The number of H-pyrrole nitrogens is 1. The molecule has 1 aliphatic rings. The van der Waals surface area contributed by atoms with Crippen LogP contribution in [0.3, 0.4) is 0 Å². The first-order valence-electron chi connectivity index (χ1n) is 6.37. The van der Waals surface area contributed by atoms with E-state index < -0.39 is 4.92 Å². The van der Waals surface area contributed by atoms with Gasteiger partial charge in [0.05, 0.1) is 4.92 Å². The van der Waals surface area contributed by atoms with Crippen molar-refractivity contribution in [3.8, 4) is 0 Å². The number of nitrogens with zero attached hydrogens (tertiary/aromatic N) is 1. The van der Waals surface area contributed by atoms with Crippen LogP contribution in [0.2, 0.25) is 0 Å². The summed E-state index contributed by atoms with van der Waals surface area (Å²) in [6, 6.07) is 4.56. The van der Waals surface area contributed by atoms with Gasteiger partial charge in [-0.1, -0.05) is 6.92 Å². The second kappa shape index (κ2) is 4.19. The van der Waals surface area contributed by atoms with Crippen molar-refractivity contribution in [3.05, 3.63) is 40.1 Å². The van der Waals surface area contributed by atoms with E-state index in [9.17, 15) is 14.9 Å². The lowest BCUT2D eigenvalue weighted by atomic mass is 9.95. The number of fused-ring (bicyclic) bond motifs is 1. The molecule has 1 aromatic heterocycles. The van der Waals surface area contributed by atoms with Gasteiger partial charge in [-0.15, -0.1) is 0 Å². The molecule has 0 amide bonds. The van der Waals surface area contributed by atoms with Gasteiger partial charge in [-0.2, -0.15) is 0 Å². The molecule has 19 heavy (non-hydrogen) atoms. The fourth-order valence-electron chi connectivity index (χ4n) is 2.48. The Morgan fingerprint density at radius 1 is 1.47 bits per heavy atom. The number of carbonyl (C=O) groups excluding carboxylic acids is 1. The summed E-state index contributed by atoms with van der Waals surface area (Å²) in [5.41, 5.74) is 1.34. The Hall–Kier alpha value is -2.17. The molecule has 1 unspecified atom stereocenters. The Labute approximate surface area is 109 Å². The van der Waals surface area contributed by atoms with E-state index in [1.165, 1.54) is 12.1 Å². The Morgan fingerprint density at radius 3 is 2.84 bits per heavy atom. The van der Waals surface area contributed by atoms with Crippen molar-refractivity contribution in [3.63, 3.8) is 0 Å². The third-order valence-corrected chi connectivity index (χ3v) is 3.88. The molecule has 1 aliphatic carbocycles. The second-order valence-electron chi connectivity index (χ2n) is 5.18. The van der Waals surface area contributed by atoms with Crippen LogP contribution in [0.5, 0.6) is 0 Å². The Kier molecular flexibility index (Phi) is 2.62. The van der Waals surface area contributed by atoms with Gasteiger partial charge in [0, 0.05) is 40.7 Å². The van der Waals surface area contributed by atoms with Gasteiger partial charge < -0.3 is 4.98 Å². The van der Waals surface area contributed by atoms with E-state index in [0.717, 1.165) is 18.4 Å². The summed E-state index contributed by atoms with van der Waals surface area (Å²) in [6.45, 7) is 1.94. The molecule has 98 valence electrons. The molecule has 3 rings (SSSR count). The summed E-state index contributed by atoms with van der Waals surface area (Å²) < 4.78 is 0. The topological polar surface area (TPSA) is 76.0 Å². The zero-order valence-corrected chi connectivity index (χ0v) is 10.6. The predicted molar refractivity (Wildman–Crippen MR) is 71.2 cm³/mol. The second-order valence-corrected chi connectivity index (χ2v) is 5.18. The van der Waals surface area contributed by atoms with Crippen molar-refractivity contribution in [2.24, 2.45) is 11.8 Å². The third-order valence-electron chi connectivity index (χ3n) is 3.88. The highest BCUT2D eigenvalue weighted by Crippen LogP contribution is 2.39. The fourth-order valence-corrected chi connectivity index (χ4v) is 2.48. The van der Waals surface area contributed by atoms with Crippen molar-refractivity contribution in [1.82, 2.24) is 4.98 Å². The number of nitro benzene ring substituents is 1. The van der Waals surface area contributed by atoms with Gasteiger partial charge >= 0.3 is 0 Å². The van der Waals surface area contributed by atoms with Crippen molar-refractivity contribution >= 4 is 22.4 Å². The SMILES string of the molecule is CC(C(=O)c1c[nH]c2ccc([N+](=O)[O-])cc12)C1CC1. The van der Waals surface area contributed by atoms with Gasteiger partial charge in [0.2, 0.25) is 0 Å². The number of hydrogen-bond acceptors (Lipinski definition) is 3. The molecule has 1 atom stereocenters. The lowest BCUT2D eigenvalue weighted by Gasteiger charge is -2.07. The molecule has 0 aliphatic heterocycles. The predicted octanol–water partition coefficient (Wildman–Crippen LogP) is 3.30. The molecular weight excluding hydrogens is 244 g/mol. The Morgan fingerprint density at radius 2 is 2.21 bits per heavy atom. The molecule has 5 nitrogen and oxygen atoms in total. The van der Waals surface area contributed by atoms with Crippen LogP contribution in [0.1, 0.15) is 30.1 Å². The maximum atomic E-state index is 12.4. The first kappa shape index (κ1) is 11.9. The van der Waals surface area contributed by atoms with Crippen LogP contribution in [-0.4, -0.2) is 15.7 Å². The standard InChI is InChI=1S/C14H14N2O3/c1-8(9-2-3-9)14(17)12-7-15-13-5-4-10(16(18)19)6-11(12)13/h4-9,15H,2-3H2,1H3. The van der Waals surface area contributed by atoms with E-state index in [1.54, 1.807) is 12.3 Å². The Balaban J connectivity index is 2.05. The molecule has 1 N–H and O–H groups in total. The average Bonchev–Trinajstić information content (AvgIpc) is 3.16. The van der Waals surface area contributed by atoms with E-state index in [4.69, 9.17) is 0 Å². The molecule has 0 radical (unpaired) electrons. The zero-order valence-electron chi connectivity index (χ0n) is 10.6. The van der Waals surface area contributed by atoms with Crippen molar-refractivity contribution in [2.75, 3.05) is 0 Å². The van der Waals surface area contributed by atoms with E-state index in [2.05, 4.69) is 4.98 Å². The van der Waals surface area contributed by atoms with Crippen LogP contribution < -0.4 is 0 Å². The molecule has 0 bridgehead atoms. The monoisotopic (exact) mass is 258 g/mol. The van der Waals surface area contributed by atoms with Gasteiger partial charge in [0.15, 0.2) is 5.78 Å². The molecule has 1 fully saturated rings. The molecular formula is C14H14N2O3. The molecule has 5 heteroatoms. The smallest absolute Gasteiger partial charge is 0.270 e. The lowest BCUT2D eigenvalue weighted by molar-refractivity contribution is -0.384. The van der Waals surface area contributed by atoms with E-state index in [0.29, 0.717) is 16.9 Å². The van der Waals surface area contributed by atoms with Crippen molar-refractivity contribution < 1.29 is 9.72 Å². The van der Waals surface area contributed by atoms with Gasteiger partial charge in [-0.25, -0.2) is 0 Å². The van der Waals surface area contributed by atoms with E-state index in [1.807, 2.05) is 6.92 Å². The summed E-state index contributed by atoms with van der Waals surface area (Å²) in [4.78, 5) is 25.8. The quantitative estimate of drug-likeness (QED) is 0.519. The summed E-state index contributed by atoms with van der Waals surface area (Å²) in [5, 5.41) is 11.5. The minimum absolute atomic E-state index is 0.00161. The Bertz CT molecular complexity index is 670. The van der Waals surface area contributed by atoms with Gasteiger partial charge in [-0.3, -0.25) is 14.9 Å². The number of aromatic nitrogens is 1. The molecule has 0 saturated heterocycles. The van der Waals surface area contributed by atoms with Crippen LogP contribution in [0.15, 0.2) is 24.4 Å². The number of hydrogen-bond donors (Lipinski definition) is 1. The number of nitro groups is 1.